The summed E-state index contributed by atoms with van der Waals surface area (Å²) in [5.41, 5.74) is 0.235. The molecule has 0 saturated heterocycles. The molecule has 0 fully saturated rings. The van der Waals surface area contributed by atoms with Gasteiger partial charge >= 0.3 is 5.97 Å². The number of carboxylic acids is 1. The van der Waals surface area contributed by atoms with E-state index in [0.717, 1.165) is 0 Å². The number of rotatable bonds is 8. The number of carbonyl (C=O) groups excluding carboxylic acids is 1. The maximum absolute atomic E-state index is 14.0. The normalized spacial score (nSPS) is 10.9. The van der Waals surface area contributed by atoms with Crippen molar-refractivity contribution in [2.75, 3.05) is 6.54 Å². The Morgan fingerprint density at radius 1 is 1.28 bits per heavy atom. The Morgan fingerprint density at radius 3 is 2.64 bits per heavy atom. The van der Waals surface area contributed by atoms with Crippen molar-refractivity contribution in [2.24, 2.45) is 0 Å². The number of amides is 1. The molecule has 1 amide bonds. The van der Waals surface area contributed by atoms with Crippen LogP contribution >= 0.6 is 0 Å². The van der Waals surface area contributed by atoms with E-state index in [4.69, 9.17) is 5.11 Å². The van der Waals surface area contributed by atoms with E-state index in [1.54, 1.807) is 18.2 Å². The highest BCUT2D eigenvalue weighted by atomic mass is 19.1. The van der Waals surface area contributed by atoms with Crippen LogP contribution in [0.3, 0.4) is 0 Å². The molecule has 1 heterocycles. The first kappa shape index (κ1) is 18.6. The molecule has 0 aliphatic rings. The lowest BCUT2D eigenvalue weighted by Gasteiger charge is -2.08. The van der Waals surface area contributed by atoms with Gasteiger partial charge in [-0.3, -0.25) is 9.59 Å². The quantitative estimate of drug-likeness (QED) is 0.715. The molecule has 2 aromatic rings. The summed E-state index contributed by atoms with van der Waals surface area (Å²) in [6, 6.07) is 6.16. The van der Waals surface area contributed by atoms with Gasteiger partial charge in [0.2, 0.25) is 5.82 Å². The molecule has 0 atom stereocenters. The highest BCUT2D eigenvalue weighted by molar-refractivity contribution is 5.90. The molecule has 7 nitrogen and oxygen atoms in total. The van der Waals surface area contributed by atoms with Crippen molar-refractivity contribution in [1.29, 1.82) is 0 Å². The number of para-hydroxylation sites is 1. The van der Waals surface area contributed by atoms with Crippen LogP contribution in [0.15, 0.2) is 24.3 Å². The second-order valence-corrected chi connectivity index (χ2v) is 5.92. The Morgan fingerprint density at radius 2 is 2.00 bits per heavy atom. The number of aliphatic carboxylic acids is 1. The number of unbranched alkanes of at least 4 members (excludes halogenated alkanes) is 1. The van der Waals surface area contributed by atoms with Gasteiger partial charge in [0.1, 0.15) is 17.3 Å². The lowest BCUT2D eigenvalue weighted by Crippen LogP contribution is -2.25. The summed E-state index contributed by atoms with van der Waals surface area (Å²) in [6.45, 7) is 4.10. The summed E-state index contributed by atoms with van der Waals surface area (Å²) in [5.74, 6) is -1.38. The zero-order chi connectivity index (χ0) is 18.4. The first-order valence-corrected chi connectivity index (χ1v) is 8.12. The van der Waals surface area contributed by atoms with Crippen LogP contribution in [0.25, 0.3) is 5.69 Å². The molecule has 0 spiro atoms. The van der Waals surface area contributed by atoms with Gasteiger partial charge in [-0.05, 0) is 25.0 Å². The van der Waals surface area contributed by atoms with Crippen LogP contribution in [0.1, 0.15) is 55.5 Å². The fraction of sp³-hybridized carbons (Fsp3) is 0.412. The molecular formula is C17H21FN4O3. The second kappa shape index (κ2) is 8.36. The number of hydrogen-bond acceptors (Lipinski definition) is 4. The molecule has 0 unspecified atom stereocenters. The topological polar surface area (TPSA) is 97.1 Å². The number of halogens is 1. The molecule has 0 radical (unpaired) electrons. The molecule has 1 aromatic heterocycles. The average molecular weight is 348 g/mol. The number of nitrogens with one attached hydrogen (secondary N) is 1. The summed E-state index contributed by atoms with van der Waals surface area (Å²) < 4.78 is 15.4. The van der Waals surface area contributed by atoms with Gasteiger partial charge in [0.15, 0.2) is 0 Å². The van der Waals surface area contributed by atoms with Gasteiger partial charge in [0.05, 0.1) is 0 Å². The van der Waals surface area contributed by atoms with E-state index >= 15 is 0 Å². The smallest absolute Gasteiger partial charge is 0.303 e. The van der Waals surface area contributed by atoms with Gasteiger partial charge in [-0.2, -0.15) is 0 Å². The minimum atomic E-state index is -0.863. The lowest BCUT2D eigenvalue weighted by atomic mass is 10.2. The van der Waals surface area contributed by atoms with Crippen LogP contribution in [0.5, 0.6) is 0 Å². The molecule has 134 valence electrons. The van der Waals surface area contributed by atoms with E-state index in [-0.39, 0.29) is 23.9 Å². The van der Waals surface area contributed by atoms with Gasteiger partial charge in [-0.25, -0.2) is 14.1 Å². The monoisotopic (exact) mass is 348 g/mol. The summed E-state index contributed by atoms with van der Waals surface area (Å²) in [4.78, 5) is 26.9. The minimum Gasteiger partial charge on any atom is -0.481 e. The number of nitrogens with zero attached hydrogens (tertiary/aromatic N) is 3. The third-order valence-corrected chi connectivity index (χ3v) is 3.54. The zero-order valence-electron chi connectivity index (χ0n) is 14.2. The first-order chi connectivity index (χ1) is 11.9. The molecule has 8 heteroatoms. The highest BCUT2D eigenvalue weighted by Gasteiger charge is 2.20. The number of hydrogen-bond donors (Lipinski definition) is 2. The van der Waals surface area contributed by atoms with Gasteiger partial charge < -0.3 is 10.4 Å². The molecular weight excluding hydrogens is 327 g/mol. The van der Waals surface area contributed by atoms with Gasteiger partial charge in [0.25, 0.3) is 5.91 Å². The second-order valence-electron chi connectivity index (χ2n) is 5.92. The predicted molar refractivity (Wildman–Crippen MR) is 89.2 cm³/mol. The van der Waals surface area contributed by atoms with Crippen molar-refractivity contribution in [2.45, 2.75) is 39.0 Å². The van der Waals surface area contributed by atoms with Crippen molar-refractivity contribution in [1.82, 2.24) is 20.1 Å². The van der Waals surface area contributed by atoms with E-state index < -0.39 is 17.7 Å². The Bertz CT molecular complexity index is 758. The summed E-state index contributed by atoms with van der Waals surface area (Å²) in [5, 5.41) is 15.4. The van der Waals surface area contributed by atoms with Crippen molar-refractivity contribution in [3.8, 4) is 5.69 Å². The van der Waals surface area contributed by atoms with Crippen LogP contribution in [-0.4, -0.2) is 38.3 Å². The maximum Gasteiger partial charge on any atom is 0.303 e. The van der Waals surface area contributed by atoms with Crippen molar-refractivity contribution < 1.29 is 19.1 Å². The highest BCUT2D eigenvalue weighted by Crippen LogP contribution is 2.19. The van der Waals surface area contributed by atoms with Crippen molar-refractivity contribution >= 4 is 11.9 Å². The Labute approximate surface area is 144 Å². The van der Waals surface area contributed by atoms with Gasteiger partial charge in [-0.1, -0.05) is 26.0 Å². The van der Waals surface area contributed by atoms with Gasteiger partial charge in [0, 0.05) is 18.9 Å². The minimum absolute atomic E-state index is 0.0369. The molecule has 2 N–H and O–H groups in total. The fourth-order valence-corrected chi connectivity index (χ4v) is 2.28. The largest absolute Gasteiger partial charge is 0.481 e. The summed E-state index contributed by atoms with van der Waals surface area (Å²) in [7, 11) is 0. The van der Waals surface area contributed by atoms with Gasteiger partial charge in [-0.15, -0.1) is 5.10 Å². The number of carboxylic acid groups (broad SMARTS) is 1. The molecule has 1 aromatic carbocycles. The third-order valence-electron chi connectivity index (χ3n) is 3.54. The SMILES string of the molecule is CC(C)c1nc(C(=O)NCCCCC(=O)O)nn1-c1ccccc1F. The summed E-state index contributed by atoms with van der Waals surface area (Å²) >= 11 is 0. The summed E-state index contributed by atoms with van der Waals surface area (Å²) in [6.07, 6.45) is 1.08. The van der Waals surface area contributed by atoms with Crippen LogP contribution in [0, 0.1) is 5.82 Å². The predicted octanol–water partition coefficient (Wildman–Crippen LogP) is 2.51. The van der Waals surface area contributed by atoms with Crippen LogP contribution in [-0.2, 0) is 4.79 Å². The Hall–Kier alpha value is -2.77. The molecule has 0 aliphatic heterocycles. The van der Waals surface area contributed by atoms with Crippen LogP contribution in [0.2, 0.25) is 0 Å². The standard InChI is InChI=1S/C17H21FN4O3/c1-11(2)16-20-15(17(25)19-10-6-5-9-14(23)24)21-22(16)13-8-4-3-7-12(13)18/h3-4,7-8,11H,5-6,9-10H2,1-2H3,(H,19,25)(H,23,24). The van der Waals surface area contributed by atoms with Crippen LogP contribution < -0.4 is 5.32 Å². The lowest BCUT2D eigenvalue weighted by molar-refractivity contribution is -0.137. The molecule has 2 rings (SSSR count). The van der Waals surface area contributed by atoms with E-state index in [2.05, 4.69) is 15.4 Å². The van der Waals surface area contributed by atoms with E-state index in [9.17, 15) is 14.0 Å². The number of aromatic nitrogens is 3. The average Bonchev–Trinajstić information content (AvgIpc) is 3.00. The van der Waals surface area contributed by atoms with E-state index in [1.807, 2.05) is 13.8 Å². The third kappa shape index (κ3) is 4.85. The molecule has 25 heavy (non-hydrogen) atoms. The molecule has 0 saturated carbocycles. The van der Waals surface area contributed by atoms with E-state index in [0.29, 0.717) is 25.2 Å². The van der Waals surface area contributed by atoms with Crippen LogP contribution in [0.4, 0.5) is 4.39 Å². The zero-order valence-corrected chi connectivity index (χ0v) is 14.2. The van der Waals surface area contributed by atoms with E-state index in [1.165, 1.54) is 10.7 Å². The van der Waals surface area contributed by atoms with Crippen molar-refractivity contribution in [3.63, 3.8) is 0 Å². The Kier molecular flexibility index (Phi) is 6.21. The Balaban J connectivity index is 2.12. The molecule has 0 aliphatic carbocycles. The maximum atomic E-state index is 14.0. The molecule has 0 bridgehead atoms. The first-order valence-electron chi connectivity index (χ1n) is 8.12. The fourth-order valence-electron chi connectivity index (χ4n) is 2.28. The van der Waals surface area contributed by atoms with Crippen molar-refractivity contribution in [3.05, 3.63) is 41.7 Å². The number of benzene rings is 1. The number of carbonyl (C=O) groups is 2.